The Morgan fingerprint density at radius 3 is 2.60 bits per heavy atom. The van der Waals surface area contributed by atoms with Crippen LogP contribution in [-0.2, 0) is 6.54 Å². The van der Waals surface area contributed by atoms with Gasteiger partial charge in [-0.1, -0.05) is 30.3 Å². The maximum absolute atomic E-state index is 4.45. The van der Waals surface area contributed by atoms with Gasteiger partial charge in [-0.3, -0.25) is 4.99 Å². The van der Waals surface area contributed by atoms with Crippen molar-refractivity contribution in [3.63, 3.8) is 0 Å². The molecule has 0 fully saturated rings. The molecule has 0 atom stereocenters. The third-order valence-electron chi connectivity index (χ3n) is 2.46. The number of benzene rings is 1. The molecule has 0 saturated carbocycles. The Labute approximate surface area is 108 Å². The summed E-state index contributed by atoms with van der Waals surface area (Å²) in [6, 6.07) is 10.5. The molecule has 0 aromatic heterocycles. The summed E-state index contributed by atoms with van der Waals surface area (Å²) in [6.45, 7) is 1.90. The van der Waals surface area contributed by atoms with Crippen molar-refractivity contribution in [2.24, 2.45) is 4.99 Å². The summed E-state index contributed by atoms with van der Waals surface area (Å²) in [6.07, 6.45) is 3.64. The molecule has 0 spiro atoms. The normalized spacial score (nSPS) is 15.1. The topological polar surface area (TPSA) is 24.4 Å². The minimum atomic E-state index is 0. The van der Waals surface area contributed by atoms with Crippen LogP contribution in [0.4, 0.5) is 0 Å². The highest BCUT2D eigenvalue weighted by molar-refractivity contribution is 14.0. The van der Waals surface area contributed by atoms with E-state index in [0.717, 1.165) is 19.5 Å². The summed E-state index contributed by atoms with van der Waals surface area (Å²) >= 11 is 0. The number of nitrogens with zero attached hydrogens (tertiary/aromatic N) is 1. The fourth-order valence-electron chi connectivity index (χ4n) is 1.64. The first-order valence-electron chi connectivity index (χ1n) is 5.26. The predicted octanol–water partition coefficient (Wildman–Crippen LogP) is 2.98. The van der Waals surface area contributed by atoms with Gasteiger partial charge in [-0.15, -0.1) is 24.0 Å². The first kappa shape index (κ1) is 12.5. The molecule has 0 radical (unpaired) electrons. The van der Waals surface area contributed by atoms with E-state index in [0.29, 0.717) is 0 Å². The number of nitrogens with one attached hydrogen (secondary N) is 1. The highest BCUT2D eigenvalue weighted by atomic mass is 127. The number of hydrogen-bond acceptors (Lipinski definition) is 2. The maximum Gasteiger partial charge on any atom is 0.0965 e. The molecule has 2 nitrogen and oxygen atoms in total. The highest BCUT2D eigenvalue weighted by Gasteiger charge is 2.03. The van der Waals surface area contributed by atoms with Crippen LogP contribution < -0.4 is 5.32 Å². The minimum absolute atomic E-state index is 0. The smallest absolute Gasteiger partial charge is 0.0965 e. The second-order valence-corrected chi connectivity index (χ2v) is 3.62. The van der Waals surface area contributed by atoms with Crippen LogP contribution in [0.1, 0.15) is 24.8 Å². The van der Waals surface area contributed by atoms with Gasteiger partial charge in [-0.2, -0.15) is 0 Å². The fraction of sp³-hybridized carbons (Fsp3) is 0.417. The second kappa shape index (κ2) is 6.82. The molecule has 0 amide bonds. The van der Waals surface area contributed by atoms with Crippen LogP contribution in [-0.4, -0.2) is 12.4 Å². The van der Waals surface area contributed by atoms with Gasteiger partial charge in [0.15, 0.2) is 0 Å². The van der Waals surface area contributed by atoms with Gasteiger partial charge in [0.05, 0.1) is 5.84 Å². The summed E-state index contributed by atoms with van der Waals surface area (Å²) in [5, 5.41) is 3.39. The molecule has 3 heteroatoms. The quantitative estimate of drug-likeness (QED) is 0.834. The lowest BCUT2D eigenvalue weighted by Gasteiger charge is -2.13. The monoisotopic (exact) mass is 316 g/mol. The molecule has 15 heavy (non-hydrogen) atoms. The van der Waals surface area contributed by atoms with E-state index in [-0.39, 0.29) is 24.0 Å². The van der Waals surface area contributed by atoms with Crippen molar-refractivity contribution in [1.29, 1.82) is 0 Å². The van der Waals surface area contributed by atoms with E-state index in [2.05, 4.69) is 34.6 Å². The molecule has 2 rings (SSSR count). The Morgan fingerprint density at radius 1 is 1.13 bits per heavy atom. The van der Waals surface area contributed by atoms with E-state index >= 15 is 0 Å². The van der Waals surface area contributed by atoms with Gasteiger partial charge in [0, 0.05) is 19.5 Å². The molecular weight excluding hydrogens is 299 g/mol. The zero-order valence-electron chi connectivity index (χ0n) is 8.78. The van der Waals surface area contributed by atoms with Gasteiger partial charge in [0.25, 0.3) is 0 Å². The molecule has 1 aromatic carbocycles. The van der Waals surface area contributed by atoms with Crippen LogP contribution in [0.5, 0.6) is 0 Å². The van der Waals surface area contributed by atoms with Gasteiger partial charge in [-0.05, 0) is 18.4 Å². The van der Waals surface area contributed by atoms with E-state index in [9.17, 15) is 0 Å². The van der Waals surface area contributed by atoms with Crippen molar-refractivity contribution in [2.45, 2.75) is 25.8 Å². The average molecular weight is 316 g/mol. The Bertz CT molecular complexity index is 309. The Hall–Kier alpha value is -0.580. The minimum Gasteiger partial charge on any atom is -0.370 e. The summed E-state index contributed by atoms with van der Waals surface area (Å²) in [4.78, 5) is 4.45. The van der Waals surface area contributed by atoms with Crippen LogP contribution in [0.25, 0.3) is 0 Å². The van der Waals surface area contributed by atoms with Crippen molar-refractivity contribution in [1.82, 2.24) is 5.32 Å². The van der Waals surface area contributed by atoms with E-state index in [4.69, 9.17) is 0 Å². The fourth-order valence-corrected chi connectivity index (χ4v) is 1.64. The van der Waals surface area contributed by atoms with Crippen LogP contribution in [0, 0.1) is 0 Å². The van der Waals surface area contributed by atoms with E-state index in [1.54, 1.807) is 0 Å². The molecule has 1 heterocycles. The lowest BCUT2D eigenvalue weighted by molar-refractivity contribution is 0.706. The predicted molar refractivity (Wildman–Crippen MR) is 74.8 cm³/mol. The zero-order chi connectivity index (χ0) is 9.64. The average Bonchev–Trinajstić information content (AvgIpc) is 2.29. The van der Waals surface area contributed by atoms with Crippen LogP contribution in [0.3, 0.4) is 0 Å². The van der Waals surface area contributed by atoms with Crippen molar-refractivity contribution >= 4 is 29.8 Å². The number of amidine groups is 1. The largest absolute Gasteiger partial charge is 0.370 e. The van der Waals surface area contributed by atoms with Crippen LogP contribution in [0.2, 0.25) is 0 Å². The van der Waals surface area contributed by atoms with E-state index < -0.39 is 0 Å². The lowest BCUT2D eigenvalue weighted by atomic mass is 10.1. The van der Waals surface area contributed by atoms with Crippen molar-refractivity contribution in [3.8, 4) is 0 Å². The van der Waals surface area contributed by atoms with Gasteiger partial charge in [0.2, 0.25) is 0 Å². The Morgan fingerprint density at radius 2 is 1.93 bits per heavy atom. The van der Waals surface area contributed by atoms with Crippen LogP contribution >= 0.6 is 24.0 Å². The number of halogens is 1. The molecule has 1 aliphatic rings. The standard InChI is InChI=1S/C12H16N2.HI/c1-2-6-11(7-3-1)10-14-12-8-4-5-9-13-12;/h1-3,6-7H,4-5,8-10H2,(H,13,14);1H. The second-order valence-electron chi connectivity index (χ2n) is 3.62. The van der Waals surface area contributed by atoms with Gasteiger partial charge in [0.1, 0.15) is 0 Å². The third kappa shape index (κ3) is 4.20. The Kier molecular flexibility index (Phi) is 5.68. The molecule has 0 saturated heterocycles. The molecular formula is C12H17IN2. The molecule has 82 valence electrons. The van der Waals surface area contributed by atoms with Crippen molar-refractivity contribution in [3.05, 3.63) is 35.9 Å². The number of aliphatic imine (C=N–C) groups is 1. The number of rotatable bonds is 2. The molecule has 0 bridgehead atoms. The van der Waals surface area contributed by atoms with Crippen LogP contribution in [0.15, 0.2) is 35.3 Å². The highest BCUT2D eigenvalue weighted by Crippen LogP contribution is 2.05. The molecule has 1 aromatic rings. The van der Waals surface area contributed by atoms with E-state index in [1.807, 2.05) is 6.07 Å². The SMILES string of the molecule is I.c1ccc(CNC2=NCCCC2)cc1. The summed E-state index contributed by atoms with van der Waals surface area (Å²) in [5.41, 5.74) is 1.32. The maximum atomic E-state index is 4.45. The first-order valence-corrected chi connectivity index (χ1v) is 5.26. The third-order valence-corrected chi connectivity index (χ3v) is 2.46. The lowest BCUT2D eigenvalue weighted by Crippen LogP contribution is -2.25. The van der Waals surface area contributed by atoms with Gasteiger partial charge < -0.3 is 5.32 Å². The van der Waals surface area contributed by atoms with Gasteiger partial charge in [-0.25, -0.2) is 0 Å². The first-order chi connectivity index (χ1) is 6.95. The van der Waals surface area contributed by atoms with Crippen molar-refractivity contribution < 1.29 is 0 Å². The molecule has 0 unspecified atom stereocenters. The van der Waals surface area contributed by atoms with Gasteiger partial charge >= 0.3 is 0 Å². The summed E-state index contributed by atoms with van der Waals surface area (Å²) in [5.74, 6) is 1.18. The number of hydrogen-bond donors (Lipinski definition) is 1. The zero-order valence-corrected chi connectivity index (χ0v) is 11.1. The summed E-state index contributed by atoms with van der Waals surface area (Å²) < 4.78 is 0. The molecule has 1 aliphatic heterocycles. The molecule has 1 N–H and O–H groups in total. The van der Waals surface area contributed by atoms with E-state index in [1.165, 1.54) is 24.2 Å². The summed E-state index contributed by atoms with van der Waals surface area (Å²) in [7, 11) is 0. The Balaban J connectivity index is 0.00000112. The van der Waals surface area contributed by atoms with Crippen molar-refractivity contribution in [2.75, 3.05) is 6.54 Å². The molecule has 0 aliphatic carbocycles.